The van der Waals surface area contributed by atoms with E-state index in [0.29, 0.717) is 62.9 Å². The Labute approximate surface area is 308 Å². The molecule has 52 heavy (non-hydrogen) atoms. The molecule has 2 saturated carbocycles. The Kier molecular flexibility index (Phi) is 9.77. The summed E-state index contributed by atoms with van der Waals surface area (Å²) >= 11 is 2.81. The van der Waals surface area contributed by atoms with Crippen LogP contribution in [0, 0.1) is 35.5 Å². The van der Waals surface area contributed by atoms with Crippen molar-refractivity contribution >= 4 is 23.5 Å². The molecular weight excluding hydrogens is 739 g/mol. The van der Waals surface area contributed by atoms with Crippen molar-refractivity contribution in [1.82, 2.24) is 0 Å². The highest BCUT2D eigenvalue weighted by molar-refractivity contribution is 7.99. The molecular formula is C36H48F6O8S2. The predicted molar refractivity (Wildman–Crippen MR) is 178 cm³/mol. The third kappa shape index (κ3) is 6.14. The van der Waals surface area contributed by atoms with E-state index in [1.165, 1.54) is 23.5 Å². The van der Waals surface area contributed by atoms with Crippen molar-refractivity contribution in [2.45, 2.75) is 140 Å². The van der Waals surface area contributed by atoms with Crippen LogP contribution in [-0.4, -0.2) is 70.7 Å². The lowest BCUT2D eigenvalue weighted by Gasteiger charge is -2.57. The van der Waals surface area contributed by atoms with E-state index in [4.69, 9.17) is 38.5 Å². The minimum absolute atomic E-state index is 0.0733. The van der Waals surface area contributed by atoms with Crippen LogP contribution in [0.25, 0.3) is 0 Å². The van der Waals surface area contributed by atoms with Gasteiger partial charge in [0.1, 0.15) is 0 Å². The summed E-state index contributed by atoms with van der Waals surface area (Å²) < 4.78 is 111. The fourth-order valence-corrected chi connectivity index (χ4v) is 12.8. The summed E-state index contributed by atoms with van der Waals surface area (Å²) in [6, 6.07) is 0. The highest BCUT2D eigenvalue weighted by Crippen LogP contribution is 2.63. The molecule has 8 nitrogen and oxygen atoms in total. The molecule has 0 radical (unpaired) electrons. The third-order valence-electron chi connectivity index (χ3n) is 13.2. The van der Waals surface area contributed by atoms with Gasteiger partial charge in [-0.15, -0.1) is 0 Å². The van der Waals surface area contributed by atoms with Crippen LogP contribution >= 0.6 is 23.5 Å². The standard InChI is InChI=1S/C36H48F6O8S2/c1-19-7-9-25-21(27(35(37,38)39)43-29-33(25)23(19)11-13-31(3,45-29)47-49-33)17-51-15-5-6-16-52-18-22-26-10-8-20(2)24-12-14-32(4)46-30(34(24,26)50-48-32)44-28(22)36(40,41)42/h19-20,23-26,29-30H,5-18H2,1-4H3/t19-,20-,23?,24?,25+,26+,29-,30-,31-,32+,33-,34-/m1/s1. The fourth-order valence-electron chi connectivity index (χ4n) is 10.6. The zero-order chi connectivity index (χ0) is 36.9. The Morgan fingerprint density at radius 2 is 1.00 bits per heavy atom. The van der Waals surface area contributed by atoms with E-state index in [1.807, 2.05) is 0 Å². The number of thioether (sulfide) groups is 2. The molecule has 10 aliphatic rings. The lowest BCUT2D eigenvalue weighted by molar-refractivity contribution is -0.557. The molecule has 16 heteroatoms. The molecule has 12 atom stereocenters. The lowest BCUT2D eigenvalue weighted by Crippen LogP contribution is -2.67. The minimum atomic E-state index is -4.69. The van der Waals surface area contributed by atoms with Crippen LogP contribution < -0.4 is 0 Å². The second-order valence-corrected chi connectivity index (χ2v) is 18.7. The van der Waals surface area contributed by atoms with Crippen LogP contribution in [0.2, 0.25) is 0 Å². The first-order valence-electron chi connectivity index (χ1n) is 18.7. The summed E-state index contributed by atoms with van der Waals surface area (Å²) in [6.45, 7) is 7.57. The highest BCUT2D eigenvalue weighted by Gasteiger charge is 2.71. The maximum absolute atomic E-state index is 14.5. The maximum atomic E-state index is 14.5. The second-order valence-electron chi connectivity index (χ2n) is 16.5. The second kappa shape index (κ2) is 13.4. The van der Waals surface area contributed by atoms with Gasteiger partial charge in [0.25, 0.3) is 0 Å². The summed E-state index contributed by atoms with van der Waals surface area (Å²) in [6.07, 6.45) is -5.46. The van der Waals surface area contributed by atoms with Crippen molar-refractivity contribution in [2.24, 2.45) is 35.5 Å². The molecule has 4 bridgehead atoms. The predicted octanol–water partition coefficient (Wildman–Crippen LogP) is 9.36. The highest BCUT2D eigenvalue weighted by atomic mass is 32.2. The van der Waals surface area contributed by atoms with E-state index in [0.717, 1.165) is 12.8 Å². The van der Waals surface area contributed by atoms with E-state index >= 15 is 0 Å². The van der Waals surface area contributed by atoms with Gasteiger partial charge in [-0.25, -0.2) is 19.6 Å². The average Bonchev–Trinajstić information content (AvgIpc) is 3.45. The first-order valence-corrected chi connectivity index (χ1v) is 21.0. The van der Waals surface area contributed by atoms with Crippen LogP contribution in [0.15, 0.2) is 22.7 Å². The summed E-state index contributed by atoms with van der Waals surface area (Å²) in [4.78, 5) is 23.6. The van der Waals surface area contributed by atoms with Gasteiger partial charge in [-0.2, -0.15) is 49.9 Å². The molecule has 2 aliphatic carbocycles. The third-order valence-corrected chi connectivity index (χ3v) is 15.4. The number of fused-ring (bicyclic) bond motifs is 4. The lowest BCUT2D eigenvalue weighted by atomic mass is 9.59. The van der Waals surface area contributed by atoms with Crippen molar-refractivity contribution in [3.05, 3.63) is 22.7 Å². The maximum Gasteiger partial charge on any atom is 0.449 e. The smallest absolute Gasteiger partial charge is 0.449 e. The van der Waals surface area contributed by atoms with Crippen molar-refractivity contribution in [2.75, 3.05) is 23.0 Å². The number of halogens is 6. The molecule has 8 aliphatic heterocycles. The molecule has 10 rings (SSSR count). The zero-order valence-electron chi connectivity index (χ0n) is 29.9. The summed E-state index contributed by atoms with van der Waals surface area (Å²) in [5.74, 6) is -3.75. The molecule has 0 N–H and O–H groups in total. The Morgan fingerprint density at radius 1 is 0.596 bits per heavy atom. The molecule has 0 amide bonds. The SMILES string of the molecule is C[C@@H]1CC[C@H]2C(CSCCCCSCC3=C(C(F)(F)F)O[C@@H]4O[C@]5(C)CCC6[C@H](C)CC[C@@H]3[C@]64OO5)=C(C(F)(F)F)O[C@@H]3O[C@@]4(C)CCC1[C@]32OO4. The number of allylic oxidation sites excluding steroid dienone is 2. The minimum Gasteiger partial charge on any atom is -0.456 e. The number of rotatable bonds is 9. The van der Waals surface area contributed by atoms with Gasteiger partial charge in [-0.05, 0) is 99.7 Å². The fraction of sp³-hybridized carbons (Fsp3) is 0.889. The van der Waals surface area contributed by atoms with E-state index in [-0.39, 0.29) is 46.3 Å². The van der Waals surface area contributed by atoms with Crippen molar-refractivity contribution in [3.63, 3.8) is 0 Å². The van der Waals surface area contributed by atoms with Crippen molar-refractivity contribution in [3.8, 4) is 0 Å². The molecule has 2 spiro atoms. The van der Waals surface area contributed by atoms with E-state index < -0.39 is 71.1 Å². The monoisotopic (exact) mass is 786 g/mol. The Hall–Kier alpha value is -0.880. The van der Waals surface area contributed by atoms with Crippen LogP contribution in [0.3, 0.4) is 0 Å². The van der Waals surface area contributed by atoms with Crippen LogP contribution in [0.5, 0.6) is 0 Å². The summed E-state index contributed by atoms with van der Waals surface area (Å²) in [5, 5.41) is 0. The first-order chi connectivity index (χ1) is 24.5. The van der Waals surface area contributed by atoms with Gasteiger partial charge in [-0.3, -0.25) is 0 Å². The Balaban J connectivity index is 0.909. The normalized spacial score (nSPS) is 45.5. The molecule has 6 saturated heterocycles. The number of hydrogen-bond acceptors (Lipinski definition) is 10. The Bertz CT molecular complexity index is 1350. The molecule has 294 valence electrons. The molecule has 0 aromatic heterocycles. The number of unbranched alkanes of at least 4 members (excludes halogenated alkanes) is 1. The molecule has 0 aromatic rings. The van der Waals surface area contributed by atoms with E-state index in [9.17, 15) is 26.3 Å². The molecule has 2 unspecified atom stereocenters. The van der Waals surface area contributed by atoms with Crippen LogP contribution in [-0.2, 0) is 38.5 Å². The van der Waals surface area contributed by atoms with Gasteiger partial charge in [0.05, 0.1) is 0 Å². The molecule has 0 aromatic carbocycles. The largest absolute Gasteiger partial charge is 0.456 e. The topological polar surface area (TPSA) is 73.8 Å². The number of alkyl halides is 6. The summed E-state index contributed by atoms with van der Waals surface area (Å²) in [7, 11) is 0. The number of hydrogen-bond donors (Lipinski definition) is 0. The first kappa shape index (κ1) is 38.0. The van der Waals surface area contributed by atoms with Crippen molar-refractivity contribution in [1.29, 1.82) is 0 Å². The quantitative estimate of drug-likeness (QED) is 0.128. The Morgan fingerprint density at radius 3 is 1.38 bits per heavy atom. The number of ether oxygens (including phenoxy) is 4. The molecule has 8 fully saturated rings. The van der Waals surface area contributed by atoms with Gasteiger partial charge in [0.2, 0.25) is 35.7 Å². The zero-order valence-corrected chi connectivity index (χ0v) is 31.5. The van der Waals surface area contributed by atoms with Gasteiger partial charge in [0, 0.05) is 48.0 Å². The summed E-state index contributed by atoms with van der Waals surface area (Å²) in [5.41, 5.74) is -1.91. The molecule has 8 heterocycles. The van der Waals surface area contributed by atoms with Crippen molar-refractivity contribution < 1.29 is 64.8 Å². The van der Waals surface area contributed by atoms with Crippen LogP contribution in [0.1, 0.15) is 91.9 Å². The van der Waals surface area contributed by atoms with E-state index in [2.05, 4.69) is 13.8 Å². The van der Waals surface area contributed by atoms with Gasteiger partial charge in [0.15, 0.2) is 11.2 Å². The van der Waals surface area contributed by atoms with Gasteiger partial charge in [-0.1, -0.05) is 13.8 Å². The average molecular weight is 787 g/mol. The van der Waals surface area contributed by atoms with Gasteiger partial charge < -0.3 is 18.9 Å². The van der Waals surface area contributed by atoms with Crippen LogP contribution in [0.4, 0.5) is 26.3 Å². The van der Waals surface area contributed by atoms with Gasteiger partial charge >= 0.3 is 12.4 Å². The van der Waals surface area contributed by atoms with E-state index in [1.54, 1.807) is 13.8 Å².